The fourth-order valence-corrected chi connectivity index (χ4v) is 2.16. The van der Waals surface area contributed by atoms with Crippen molar-refractivity contribution in [3.05, 3.63) is 63.6 Å². The van der Waals surface area contributed by atoms with Gasteiger partial charge in [0.15, 0.2) is 5.75 Å². The third kappa shape index (κ3) is 3.73. The van der Waals surface area contributed by atoms with E-state index in [1.54, 1.807) is 16.7 Å². The summed E-state index contributed by atoms with van der Waals surface area (Å²) >= 11 is 0. The van der Waals surface area contributed by atoms with Crippen LogP contribution in [0.3, 0.4) is 0 Å². The molecule has 116 valence electrons. The summed E-state index contributed by atoms with van der Waals surface area (Å²) in [7, 11) is 3.78. The Morgan fingerprint density at radius 2 is 1.86 bits per heavy atom. The Bertz CT molecular complexity index is 733. The average Bonchev–Trinajstić information content (AvgIpc) is 2.44. The van der Waals surface area contributed by atoms with Crippen molar-refractivity contribution in [3.8, 4) is 5.75 Å². The summed E-state index contributed by atoms with van der Waals surface area (Å²) in [5, 5.41) is 18.5. The molecule has 2 N–H and O–H groups in total. The molecule has 0 aliphatic rings. The lowest BCUT2D eigenvalue weighted by atomic mass is 10.1. The SMILES string of the molecule is CN(C)Cc1cc(=O)c(O)cn1Cc1ccc(C(=O)O)cc1. The quantitative estimate of drug-likeness (QED) is 0.871. The lowest BCUT2D eigenvalue weighted by molar-refractivity contribution is 0.0697. The van der Waals surface area contributed by atoms with Gasteiger partial charge in [-0.15, -0.1) is 0 Å². The number of hydrogen-bond donors (Lipinski definition) is 2. The van der Waals surface area contributed by atoms with Crippen molar-refractivity contribution in [1.82, 2.24) is 9.47 Å². The first-order valence-corrected chi connectivity index (χ1v) is 6.76. The van der Waals surface area contributed by atoms with Crippen LogP contribution in [0, 0.1) is 0 Å². The number of nitrogens with zero attached hydrogens (tertiary/aromatic N) is 2. The number of rotatable bonds is 5. The molecular formula is C16H18N2O4. The summed E-state index contributed by atoms with van der Waals surface area (Å²) in [6, 6.07) is 7.92. The number of aromatic carboxylic acids is 1. The first-order chi connectivity index (χ1) is 10.4. The van der Waals surface area contributed by atoms with Crippen LogP contribution in [0.2, 0.25) is 0 Å². The van der Waals surface area contributed by atoms with Crippen LogP contribution in [0.4, 0.5) is 0 Å². The molecule has 0 amide bonds. The minimum atomic E-state index is -0.971. The lowest BCUT2D eigenvalue weighted by Crippen LogP contribution is -2.19. The molecule has 0 spiro atoms. The normalized spacial score (nSPS) is 10.9. The maximum Gasteiger partial charge on any atom is 0.335 e. The third-order valence-corrected chi connectivity index (χ3v) is 3.23. The molecule has 0 saturated heterocycles. The number of hydrogen-bond acceptors (Lipinski definition) is 4. The second kappa shape index (κ2) is 6.44. The minimum Gasteiger partial charge on any atom is -0.503 e. The van der Waals surface area contributed by atoms with Gasteiger partial charge in [0, 0.05) is 24.8 Å². The molecule has 0 bridgehead atoms. The fourth-order valence-electron chi connectivity index (χ4n) is 2.16. The highest BCUT2D eigenvalue weighted by atomic mass is 16.4. The van der Waals surface area contributed by atoms with E-state index in [2.05, 4.69) is 0 Å². The van der Waals surface area contributed by atoms with Crippen LogP contribution in [0.1, 0.15) is 21.6 Å². The summed E-state index contributed by atoms with van der Waals surface area (Å²) in [6.07, 6.45) is 1.41. The number of carboxylic acids is 1. The maximum absolute atomic E-state index is 11.6. The van der Waals surface area contributed by atoms with E-state index in [0.717, 1.165) is 11.3 Å². The van der Waals surface area contributed by atoms with E-state index in [1.165, 1.54) is 24.4 Å². The van der Waals surface area contributed by atoms with E-state index < -0.39 is 11.4 Å². The molecule has 1 aromatic heterocycles. The zero-order valence-electron chi connectivity index (χ0n) is 12.5. The molecular weight excluding hydrogens is 284 g/mol. The Morgan fingerprint density at radius 1 is 1.23 bits per heavy atom. The van der Waals surface area contributed by atoms with Crippen molar-refractivity contribution in [2.75, 3.05) is 14.1 Å². The van der Waals surface area contributed by atoms with Gasteiger partial charge in [0.25, 0.3) is 0 Å². The summed E-state index contributed by atoms with van der Waals surface area (Å²) in [5.74, 6) is -1.27. The molecule has 2 aromatic rings. The molecule has 2 rings (SSSR count). The second-order valence-electron chi connectivity index (χ2n) is 5.38. The van der Waals surface area contributed by atoms with Gasteiger partial charge in [0.05, 0.1) is 11.8 Å². The van der Waals surface area contributed by atoms with E-state index in [0.29, 0.717) is 13.1 Å². The van der Waals surface area contributed by atoms with E-state index in [9.17, 15) is 14.7 Å². The Labute approximate surface area is 127 Å². The number of aromatic nitrogens is 1. The van der Waals surface area contributed by atoms with Crippen molar-refractivity contribution in [2.24, 2.45) is 0 Å². The molecule has 0 unspecified atom stereocenters. The van der Waals surface area contributed by atoms with Gasteiger partial charge < -0.3 is 19.7 Å². The van der Waals surface area contributed by atoms with Crippen molar-refractivity contribution < 1.29 is 15.0 Å². The van der Waals surface area contributed by atoms with Crippen molar-refractivity contribution in [3.63, 3.8) is 0 Å². The van der Waals surface area contributed by atoms with Crippen molar-refractivity contribution in [1.29, 1.82) is 0 Å². The highest BCUT2D eigenvalue weighted by Crippen LogP contribution is 2.12. The second-order valence-corrected chi connectivity index (χ2v) is 5.38. The molecule has 0 atom stereocenters. The van der Waals surface area contributed by atoms with E-state index in [4.69, 9.17) is 5.11 Å². The summed E-state index contributed by atoms with van der Waals surface area (Å²) in [5.41, 5.74) is 1.47. The largest absolute Gasteiger partial charge is 0.503 e. The number of aromatic hydroxyl groups is 1. The van der Waals surface area contributed by atoms with Crippen LogP contribution in [-0.4, -0.2) is 39.7 Å². The van der Waals surface area contributed by atoms with Gasteiger partial charge in [-0.05, 0) is 31.8 Å². The van der Waals surface area contributed by atoms with Gasteiger partial charge in [0.1, 0.15) is 0 Å². The van der Waals surface area contributed by atoms with E-state index >= 15 is 0 Å². The van der Waals surface area contributed by atoms with E-state index in [1.807, 2.05) is 19.0 Å². The van der Waals surface area contributed by atoms with Crippen LogP contribution in [-0.2, 0) is 13.1 Å². The van der Waals surface area contributed by atoms with Gasteiger partial charge >= 0.3 is 5.97 Å². The molecule has 0 aliphatic carbocycles. The highest BCUT2D eigenvalue weighted by molar-refractivity contribution is 5.87. The first-order valence-electron chi connectivity index (χ1n) is 6.76. The van der Waals surface area contributed by atoms with Gasteiger partial charge in [0.2, 0.25) is 5.43 Å². The van der Waals surface area contributed by atoms with Crippen LogP contribution in [0.5, 0.6) is 5.75 Å². The van der Waals surface area contributed by atoms with Crippen LogP contribution >= 0.6 is 0 Å². The number of pyridine rings is 1. The summed E-state index contributed by atoms with van der Waals surface area (Å²) < 4.78 is 1.78. The Kier molecular flexibility index (Phi) is 4.62. The molecule has 0 fully saturated rings. The van der Waals surface area contributed by atoms with Gasteiger partial charge in [-0.25, -0.2) is 4.79 Å². The molecule has 22 heavy (non-hydrogen) atoms. The maximum atomic E-state index is 11.6. The number of benzene rings is 1. The van der Waals surface area contributed by atoms with Crippen LogP contribution in [0.15, 0.2) is 41.3 Å². The monoisotopic (exact) mass is 302 g/mol. The average molecular weight is 302 g/mol. The molecule has 6 nitrogen and oxygen atoms in total. The third-order valence-electron chi connectivity index (χ3n) is 3.23. The zero-order chi connectivity index (χ0) is 16.3. The van der Waals surface area contributed by atoms with E-state index in [-0.39, 0.29) is 11.3 Å². The van der Waals surface area contributed by atoms with Crippen molar-refractivity contribution >= 4 is 5.97 Å². The standard InChI is InChI=1S/C16H18N2O4/c1-17(2)9-13-7-14(19)15(20)10-18(13)8-11-3-5-12(6-4-11)16(21)22/h3-7,10,20H,8-9H2,1-2H3,(H,21,22). The summed E-state index contributed by atoms with van der Waals surface area (Å²) in [4.78, 5) is 24.4. The van der Waals surface area contributed by atoms with Crippen molar-refractivity contribution in [2.45, 2.75) is 13.1 Å². The van der Waals surface area contributed by atoms with Crippen LogP contribution < -0.4 is 5.43 Å². The van der Waals surface area contributed by atoms with Gasteiger partial charge in [-0.1, -0.05) is 12.1 Å². The van der Waals surface area contributed by atoms with Gasteiger partial charge in [-0.2, -0.15) is 0 Å². The summed E-state index contributed by atoms with van der Waals surface area (Å²) in [6.45, 7) is 1.000. The molecule has 0 aliphatic heterocycles. The number of carboxylic acid groups (broad SMARTS) is 1. The lowest BCUT2D eigenvalue weighted by Gasteiger charge is -2.17. The Morgan fingerprint density at radius 3 is 2.41 bits per heavy atom. The molecule has 0 saturated carbocycles. The molecule has 0 radical (unpaired) electrons. The smallest absolute Gasteiger partial charge is 0.335 e. The Hall–Kier alpha value is -2.60. The highest BCUT2D eigenvalue weighted by Gasteiger charge is 2.08. The molecule has 1 heterocycles. The predicted octanol–water partition coefficient (Wildman–Crippen LogP) is 1.36. The van der Waals surface area contributed by atoms with Gasteiger partial charge in [-0.3, -0.25) is 4.79 Å². The topological polar surface area (TPSA) is 82.8 Å². The fraction of sp³-hybridized carbons (Fsp3) is 0.250. The number of carbonyl (C=O) groups is 1. The van der Waals surface area contributed by atoms with Crippen LogP contribution in [0.25, 0.3) is 0 Å². The zero-order valence-corrected chi connectivity index (χ0v) is 12.5. The predicted molar refractivity (Wildman–Crippen MR) is 82.3 cm³/mol. The Balaban J connectivity index is 2.33. The minimum absolute atomic E-state index is 0.222. The molecule has 6 heteroatoms. The first kappa shape index (κ1) is 15.8. The molecule has 1 aromatic carbocycles.